The van der Waals surface area contributed by atoms with Crippen molar-refractivity contribution in [1.29, 1.82) is 0 Å². The molecule has 0 spiro atoms. The second-order valence-corrected chi connectivity index (χ2v) is 5.95. The smallest absolute Gasteiger partial charge is 0.0696 e. The van der Waals surface area contributed by atoms with E-state index in [1.54, 1.807) is 0 Å². The van der Waals surface area contributed by atoms with Gasteiger partial charge >= 0.3 is 0 Å². The summed E-state index contributed by atoms with van der Waals surface area (Å²) in [6, 6.07) is 2.24. The van der Waals surface area contributed by atoms with Gasteiger partial charge in [0.05, 0.1) is 11.2 Å². The van der Waals surface area contributed by atoms with Crippen LogP contribution in [0.25, 0.3) is 0 Å². The first-order chi connectivity index (χ1) is 7.38. The summed E-state index contributed by atoms with van der Waals surface area (Å²) in [6.07, 6.45) is 4.83. The Morgan fingerprint density at radius 2 is 2.00 bits per heavy atom. The highest BCUT2D eigenvalue weighted by Gasteiger charge is 2.22. The normalized spacial score (nSPS) is 21.3. The van der Waals surface area contributed by atoms with Gasteiger partial charge in [0.1, 0.15) is 0 Å². The van der Waals surface area contributed by atoms with Crippen LogP contribution >= 0.6 is 0 Å². The van der Waals surface area contributed by atoms with E-state index in [2.05, 4.69) is 51.4 Å². The quantitative estimate of drug-likeness (QED) is 0.656. The molecule has 0 aliphatic heterocycles. The Balaban J connectivity index is 2.32. The molecular weight excluding hydrogens is 196 g/mol. The van der Waals surface area contributed by atoms with Gasteiger partial charge in [-0.1, -0.05) is 11.6 Å². The van der Waals surface area contributed by atoms with E-state index in [0.29, 0.717) is 5.92 Å². The zero-order valence-corrected chi connectivity index (χ0v) is 11.0. The molecule has 0 N–H and O–H groups in total. The molecule has 1 aromatic heterocycles. The minimum absolute atomic E-state index is 0.0830. The summed E-state index contributed by atoms with van der Waals surface area (Å²) in [5, 5.41) is 4.77. The van der Waals surface area contributed by atoms with Gasteiger partial charge in [0.25, 0.3) is 0 Å². The van der Waals surface area contributed by atoms with E-state index in [1.807, 2.05) is 0 Å². The molecule has 0 saturated heterocycles. The second kappa shape index (κ2) is 3.76. The van der Waals surface area contributed by atoms with Crippen LogP contribution in [0.5, 0.6) is 0 Å². The van der Waals surface area contributed by atoms with E-state index >= 15 is 0 Å². The van der Waals surface area contributed by atoms with Crippen LogP contribution in [-0.4, -0.2) is 9.78 Å². The topological polar surface area (TPSA) is 17.8 Å². The summed E-state index contributed by atoms with van der Waals surface area (Å²) in [5.74, 6) is 0.544. The van der Waals surface area contributed by atoms with E-state index in [0.717, 1.165) is 0 Å². The van der Waals surface area contributed by atoms with Gasteiger partial charge in [0, 0.05) is 11.6 Å². The lowest BCUT2D eigenvalue weighted by molar-refractivity contribution is 0.345. The molecule has 2 heteroatoms. The Bertz CT molecular complexity index is 418. The second-order valence-electron chi connectivity index (χ2n) is 5.95. The standard InChI is InChI=1S/C14H22N2/c1-10-6-7-12(8-10)13-9-11(2)16(15-13)14(3,4)5/h8-9,12H,6-7H2,1-5H3. The number of rotatable bonds is 1. The van der Waals surface area contributed by atoms with Gasteiger partial charge in [-0.25, -0.2) is 0 Å². The van der Waals surface area contributed by atoms with Crippen molar-refractivity contribution in [3.63, 3.8) is 0 Å². The van der Waals surface area contributed by atoms with Crippen molar-refractivity contribution in [2.75, 3.05) is 0 Å². The molecule has 2 nitrogen and oxygen atoms in total. The highest BCUT2D eigenvalue weighted by Crippen LogP contribution is 2.32. The molecule has 1 unspecified atom stereocenters. The first-order valence-electron chi connectivity index (χ1n) is 6.12. The molecule has 88 valence electrons. The Morgan fingerprint density at radius 1 is 1.31 bits per heavy atom. The summed E-state index contributed by atoms with van der Waals surface area (Å²) in [5.41, 5.74) is 4.09. The molecule has 0 amide bonds. The van der Waals surface area contributed by atoms with Gasteiger partial charge in [-0.15, -0.1) is 0 Å². The van der Waals surface area contributed by atoms with Crippen molar-refractivity contribution in [2.45, 2.75) is 58.9 Å². The number of hydrogen-bond donors (Lipinski definition) is 0. The van der Waals surface area contributed by atoms with Crippen LogP contribution in [0.15, 0.2) is 17.7 Å². The predicted molar refractivity (Wildman–Crippen MR) is 67.7 cm³/mol. The van der Waals surface area contributed by atoms with Crippen molar-refractivity contribution in [3.05, 3.63) is 29.1 Å². The van der Waals surface area contributed by atoms with Crippen LogP contribution in [0.2, 0.25) is 0 Å². The summed E-state index contributed by atoms with van der Waals surface area (Å²) in [7, 11) is 0. The Morgan fingerprint density at radius 3 is 2.44 bits per heavy atom. The van der Waals surface area contributed by atoms with E-state index in [9.17, 15) is 0 Å². The van der Waals surface area contributed by atoms with Gasteiger partial charge in [-0.2, -0.15) is 5.10 Å². The van der Waals surface area contributed by atoms with Gasteiger partial charge in [0.15, 0.2) is 0 Å². The van der Waals surface area contributed by atoms with Crippen LogP contribution in [0.4, 0.5) is 0 Å². The van der Waals surface area contributed by atoms with Gasteiger partial charge in [-0.3, -0.25) is 4.68 Å². The van der Waals surface area contributed by atoms with Crippen LogP contribution in [-0.2, 0) is 5.54 Å². The summed E-state index contributed by atoms with van der Waals surface area (Å²) in [4.78, 5) is 0. The van der Waals surface area contributed by atoms with E-state index in [-0.39, 0.29) is 5.54 Å². The monoisotopic (exact) mass is 218 g/mol. The molecule has 0 saturated carbocycles. The van der Waals surface area contributed by atoms with Crippen molar-refractivity contribution in [2.24, 2.45) is 0 Å². The molecule has 0 aromatic carbocycles. The molecule has 16 heavy (non-hydrogen) atoms. The molecule has 1 atom stereocenters. The van der Waals surface area contributed by atoms with E-state index in [1.165, 1.54) is 29.8 Å². The third kappa shape index (κ3) is 2.06. The fourth-order valence-electron chi connectivity index (χ4n) is 2.49. The highest BCUT2D eigenvalue weighted by atomic mass is 15.3. The van der Waals surface area contributed by atoms with Crippen molar-refractivity contribution >= 4 is 0 Å². The lowest BCUT2D eigenvalue weighted by Crippen LogP contribution is -2.24. The number of allylic oxidation sites excluding steroid dienone is 2. The third-order valence-corrected chi connectivity index (χ3v) is 3.26. The zero-order chi connectivity index (χ0) is 11.9. The molecule has 0 bridgehead atoms. The van der Waals surface area contributed by atoms with Crippen molar-refractivity contribution in [1.82, 2.24) is 9.78 Å². The Kier molecular flexibility index (Phi) is 2.69. The minimum atomic E-state index is 0.0830. The lowest BCUT2D eigenvalue weighted by atomic mass is 10.1. The molecule has 0 radical (unpaired) electrons. The van der Waals surface area contributed by atoms with Crippen LogP contribution in [0.3, 0.4) is 0 Å². The lowest BCUT2D eigenvalue weighted by Gasteiger charge is -2.21. The number of nitrogens with zero attached hydrogens (tertiary/aromatic N) is 2. The largest absolute Gasteiger partial charge is 0.264 e. The Labute approximate surface area is 98.4 Å². The van der Waals surface area contributed by atoms with E-state index < -0.39 is 0 Å². The third-order valence-electron chi connectivity index (χ3n) is 3.26. The van der Waals surface area contributed by atoms with Gasteiger partial charge < -0.3 is 0 Å². The first-order valence-corrected chi connectivity index (χ1v) is 6.12. The minimum Gasteiger partial charge on any atom is -0.264 e. The maximum Gasteiger partial charge on any atom is 0.0696 e. The maximum atomic E-state index is 4.77. The van der Waals surface area contributed by atoms with Crippen LogP contribution in [0.1, 0.15) is 57.8 Å². The van der Waals surface area contributed by atoms with Gasteiger partial charge in [0.2, 0.25) is 0 Å². The number of aryl methyl sites for hydroxylation is 1. The fraction of sp³-hybridized carbons (Fsp3) is 0.643. The van der Waals surface area contributed by atoms with Crippen molar-refractivity contribution < 1.29 is 0 Å². The highest BCUT2D eigenvalue weighted by molar-refractivity contribution is 5.24. The maximum absolute atomic E-state index is 4.77. The average molecular weight is 218 g/mol. The SMILES string of the molecule is CC1=CC(c2cc(C)n(C(C)(C)C)n2)CC1. The van der Waals surface area contributed by atoms with Crippen LogP contribution in [0, 0.1) is 6.92 Å². The van der Waals surface area contributed by atoms with Crippen LogP contribution < -0.4 is 0 Å². The number of hydrogen-bond acceptors (Lipinski definition) is 1. The molecule has 1 aliphatic rings. The predicted octanol–water partition coefficient (Wildman–Crippen LogP) is 3.77. The van der Waals surface area contributed by atoms with Gasteiger partial charge in [-0.05, 0) is 53.5 Å². The molecule has 2 rings (SSSR count). The number of aromatic nitrogens is 2. The average Bonchev–Trinajstić information content (AvgIpc) is 2.70. The zero-order valence-electron chi connectivity index (χ0n) is 11.0. The summed E-state index contributed by atoms with van der Waals surface area (Å²) >= 11 is 0. The fourth-order valence-corrected chi connectivity index (χ4v) is 2.49. The molecular formula is C14H22N2. The van der Waals surface area contributed by atoms with E-state index in [4.69, 9.17) is 5.10 Å². The van der Waals surface area contributed by atoms with Crippen molar-refractivity contribution in [3.8, 4) is 0 Å². The molecule has 1 aliphatic carbocycles. The molecule has 0 fully saturated rings. The molecule has 1 aromatic rings. The summed E-state index contributed by atoms with van der Waals surface area (Å²) in [6.45, 7) is 11.0. The summed E-state index contributed by atoms with van der Waals surface area (Å²) < 4.78 is 2.14. The first kappa shape index (κ1) is 11.4. The molecule has 1 heterocycles. The Hall–Kier alpha value is -1.05.